The molecule has 0 unspecified atom stereocenters. The van der Waals surface area contributed by atoms with Gasteiger partial charge in [0.15, 0.2) is 0 Å². The van der Waals surface area contributed by atoms with Gasteiger partial charge in [0.2, 0.25) is 0 Å². The molecule has 0 radical (unpaired) electrons. The van der Waals surface area contributed by atoms with Crippen LogP contribution in [0.3, 0.4) is 0 Å². The third kappa shape index (κ3) is 3.79. The second-order valence-electron chi connectivity index (χ2n) is 4.32. The summed E-state index contributed by atoms with van der Waals surface area (Å²) in [6, 6.07) is 10.5. The predicted octanol–water partition coefficient (Wildman–Crippen LogP) is 4.01. The van der Waals surface area contributed by atoms with E-state index >= 15 is 0 Å². The van der Waals surface area contributed by atoms with E-state index in [0.29, 0.717) is 17.0 Å². The number of rotatable bonds is 4. The molecule has 0 amide bonds. The van der Waals surface area contributed by atoms with E-state index in [0.717, 1.165) is 0 Å². The molecule has 0 aliphatic heterocycles. The van der Waals surface area contributed by atoms with E-state index in [1.54, 1.807) is 25.1 Å². The van der Waals surface area contributed by atoms with E-state index in [2.05, 4.69) is 10.5 Å². The highest BCUT2D eigenvalue weighted by molar-refractivity contribution is 6.31. The Morgan fingerprint density at radius 2 is 1.81 bits per heavy atom. The average molecular weight is 307 g/mol. The van der Waals surface area contributed by atoms with Crippen molar-refractivity contribution in [3.05, 3.63) is 64.4 Å². The molecule has 0 bridgehead atoms. The number of anilines is 1. The molecule has 0 heterocycles. The Labute approximate surface area is 125 Å². The van der Waals surface area contributed by atoms with Gasteiger partial charge in [0.05, 0.1) is 22.0 Å². The number of aromatic carboxylic acids is 1. The predicted molar refractivity (Wildman–Crippen MR) is 80.6 cm³/mol. The van der Waals surface area contributed by atoms with Crippen molar-refractivity contribution >= 4 is 29.0 Å². The molecule has 0 fully saturated rings. The first-order valence-corrected chi connectivity index (χ1v) is 6.44. The van der Waals surface area contributed by atoms with Crippen LogP contribution in [0.1, 0.15) is 22.8 Å². The molecule has 2 N–H and O–H groups in total. The van der Waals surface area contributed by atoms with Crippen LogP contribution in [0, 0.1) is 5.82 Å². The highest BCUT2D eigenvalue weighted by Gasteiger charge is 2.04. The third-order valence-electron chi connectivity index (χ3n) is 2.82. The minimum absolute atomic E-state index is 0.0351. The van der Waals surface area contributed by atoms with Crippen LogP contribution >= 0.6 is 11.6 Å². The van der Waals surface area contributed by atoms with E-state index in [1.807, 2.05) is 0 Å². The Balaban J connectivity index is 2.12. The number of carbonyl (C=O) groups is 1. The number of benzene rings is 2. The first kappa shape index (κ1) is 15.0. The molecule has 2 rings (SSSR count). The zero-order chi connectivity index (χ0) is 15.4. The van der Waals surface area contributed by atoms with Crippen molar-refractivity contribution in [1.82, 2.24) is 0 Å². The molecular weight excluding hydrogens is 295 g/mol. The van der Waals surface area contributed by atoms with Crippen molar-refractivity contribution in [2.24, 2.45) is 5.10 Å². The van der Waals surface area contributed by atoms with Crippen LogP contribution in [-0.4, -0.2) is 16.8 Å². The molecule has 2 aromatic rings. The molecule has 4 nitrogen and oxygen atoms in total. The van der Waals surface area contributed by atoms with Gasteiger partial charge in [-0.2, -0.15) is 5.10 Å². The fourth-order valence-corrected chi connectivity index (χ4v) is 1.80. The van der Waals surface area contributed by atoms with E-state index in [1.165, 1.54) is 24.3 Å². The molecule has 0 saturated carbocycles. The number of nitrogens with zero attached hydrogens (tertiary/aromatic N) is 1. The number of halogens is 2. The molecular formula is C15H12ClFN2O2. The molecule has 0 atom stereocenters. The summed E-state index contributed by atoms with van der Waals surface area (Å²) in [5.74, 6) is -1.47. The van der Waals surface area contributed by atoms with Crippen molar-refractivity contribution in [1.29, 1.82) is 0 Å². The van der Waals surface area contributed by atoms with Gasteiger partial charge < -0.3 is 5.11 Å². The second-order valence-corrected chi connectivity index (χ2v) is 4.73. The van der Waals surface area contributed by atoms with Crippen LogP contribution in [0.2, 0.25) is 5.02 Å². The van der Waals surface area contributed by atoms with Crippen LogP contribution in [0.5, 0.6) is 0 Å². The smallest absolute Gasteiger partial charge is 0.335 e. The van der Waals surface area contributed by atoms with Gasteiger partial charge in [0, 0.05) is 0 Å². The zero-order valence-corrected chi connectivity index (χ0v) is 11.9. The van der Waals surface area contributed by atoms with Crippen molar-refractivity contribution in [2.45, 2.75) is 6.92 Å². The lowest BCUT2D eigenvalue weighted by atomic mass is 10.1. The minimum atomic E-state index is -0.984. The average Bonchev–Trinajstić information content (AvgIpc) is 2.48. The largest absolute Gasteiger partial charge is 0.478 e. The lowest BCUT2D eigenvalue weighted by Crippen LogP contribution is -2.01. The fraction of sp³-hybridized carbons (Fsp3) is 0.0667. The third-order valence-corrected chi connectivity index (χ3v) is 3.11. The summed E-state index contributed by atoms with van der Waals surface area (Å²) in [4.78, 5) is 10.7. The Hall–Kier alpha value is -2.40. The maximum Gasteiger partial charge on any atom is 0.335 e. The number of nitrogens with one attached hydrogen (secondary N) is 1. The monoisotopic (exact) mass is 306 g/mol. The first-order chi connectivity index (χ1) is 9.97. The maximum absolute atomic E-state index is 13.1. The van der Waals surface area contributed by atoms with Crippen LogP contribution in [-0.2, 0) is 0 Å². The van der Waals surface area contributed by atoms with Crippen molar-refractivity contribution in [2.75, 3.05) is 5.43 Å². The number of carboxylic acid groups (broad SMARTS) is 1. The normalized spacial score (nSPS) is 11.3. The summed E-state index contributed by atoms with van der Waals surface area (Å²) >= 11 is 5.72. The van der Waals surface area contributed by atoms with Gasteiger partial charge in [-0.15, -0.1) is 0 Å². The Kier molecular flexibility index (Phi) is 4.55. The molecule has 21 heavy (non-hydrogen) atoms. The van der Waals surface area contributed by atoms with Crippen LogP contribution in [0.25, 0.3) is 0 Å². The summed E-state index contributed by atoms with van der Waals surface area (Å²) in [5.41, 5.74) is 4.96. The second kappa shape index (κ2) is 6.37. The summed E-state index contributed by atoms with van der Waals surface area (Å²) in [6.45, 7) is 1.75. The molecule has 0 spiro atoms. The van der Waals surface area contributed by atoms with Gasteiger partial charge in [-0.1, -0.05) is 17.7 Å². The fourth-order valence-electron chi connectivity index (χ4n) is 1.62. The molecule has 2 aromatic carbocycles. The van der Waals surface area contributed by atoms with Gasteiger partial charge in [0.25, 0.3) is 0 Å². The molecule has 108 valence electrons. The number of hydrogen-bond acceptors (Lipinski definition) is 3. The molecule has 0 saturated heterocycles. The molecule has 6 heteroatoms. The first-order valence-electron chi connectivity index (χ1n) is 6.06. The van der Waals surface area contributed by atoms with Gasteiger partial charge in [-0.05, 0) is 48.9 Å². The number of hydrogen-bond donors (Lipinski definition) is 2. The SMILES string of the molecule is C/C(=N/Nc1ccc(C(=O)O)cc1)c1ccc(F)c(Cl)c1. The molecule has 0 aromatic heterocycles. The van der Waals surface area contributed by atoms with Gasteiger partial charge in [-0.25, -0.2) is 9.18 Å². The molecule has 0 aliphatic rings. The van der Waals surface area contributed by atoms with Crippen molar-refractivity contribution < 1.29 is 14.3 Å². The Bertz CT molecular complexity index is 699. The summed E-state index contributed by atoms with van der Waals surface area (Å²) in [5, 5.41) is 13.0. The zero-order valence-electron chi connectivity index (χ0n) is 11.1. The lowest BCUT2D eigenvalue weighted by molar-refractivity contribution is 0.0697. The Morgan fingerprint density at radius 1 is 1.19 bits per heavy atom. The van der Waals surface area contributed by atoms with Gasteiger partial charge in [-0.3, -0.25) is 5.43 Å². The van der Waals surface area contributed by atoms with Gasteiger partial charge >= 0.3 is 5.97 Å². The van der Waals surface area contributed by atoms with Crippen LogP contribution < -0.4 is 5.43 Å². The minimum Gasteiger partial charge on any atom is -0.478 e. The number of hydrazone groups is 1. The van der Waals surface area contributed by atoms with Crippen LogP contribution in [0.15, 0.2) is 47.6 Å². The van der Waals surface area contributed by atoms with Crippen molar-refractivity contribution in [3.8, 4) is 0 Å². The van der Waals surface area contributed by atoms with E-state index in [-0.39, 0.29) is 10.6 Å². The van der Waals surface area contributed by atoms with E-state index < -0.39 is 11.8 Å². The highest BCUT2D eigenvalue weighted by atomic mass is 35.5. The highest BCUT2D eigenvalue weighted by Crippen LogP contribution is 2.17. The lowest BCUT2D eigenvalue weighted by Gasteiger charge is -2.05. The van der Waals surface area contributed by atoms with Gasteiger partial charge in [0.1, 0.15) is 5.82 Å². The standard InChI is InChI=1S/C15H12ClFN2O2/c1-9(11-4-7-14(17)13(16)8-11)18-19-12-5-2-10(3-6-12)15(20)21/h2-8,19H,1H3,(H,20,21)/b18-9-. The molecule has 0 aliphatic carbocycles. The maximum atomic E-state index is 13.1. The quantitative estimate of drug-likeness (QED) is 0.662. The van der Waals surface area contributed by atoms with Crippen molar-refractivity contribution in [3.63, 3.8) is 0 Å². The summed E-state index contributed by atoms with van der Waals surface area (Å²) in [7, 11) is 0. The topological polar surface area (TPSA) is 61.7 Å². The summed E-state index contributed by atoms with van der Waals surface area (Å²) < 4.78 is 13.1. The summed E-state index contributed by atoms with van der Waals surface area (Å²) in [6.07, 6.45) is 0. The number of carboxylic acids is 1. The van der Waals surface area contributed by atoms with E-state index in [9.17, 15) is 9.18 Å². The Morgan fingerprint density at radius 3 is 2.38 bits per heavy atom. The van der Waals surface area contributed by atoms with E-state index in [4.69, 9.17) is 16.7 Å². The van der Waals surface area contributed by atoms with Crippen LogP contribution in [0.4, 0.5) is 10.1 Å².